The highest BCUT2D eigenvalue weighted by molar-refractivity contribution is 5.81. The third-order valence-corrected chi connectivity index (χ3v) is 2.63. The van der Waals surface area contributed by atoms with Crippen LogP contribution in [0.4, 0.5) is 5.69 Å². The lowest BCUT2D eigenvalue weighted by Crippen LogP contribution is -1.87. The number of hydrogen-bond acceptors (Lipinski definition) is 4. The van der Waals surface area contributed by atoms with Crippen LogP contribution in [0.15, 0.2) is 24.4 Å². The standard InChI is InChI=1S/C11H11N5O/c12-7-4-13-16-10(7)11-14-8-2-1-6(5-17)3-9(8)15-11/h1-4,17H,5,12H2,(H,13,16)(H,14,15). The van der Waals surface area contributed by atoms with E-state index in [1.54, 1.807) is 6.20 Å². The molecule has 86 valence electrons. The number of benzene rings is 1. The molecule has 0 fully saturated rings. The number of fused-ring (bicyclic) bond motifs is 1. The number of nitrogens with one attached hydrogen (secondary N) is 2. The largest absolute Gasteiger partial charge is 0.396 e. The van der Waals surface area contributed by atoms with Crippen LogP contribution in [0.25, 0.3) is 22.6 Å². The van der Waals surface area contributed by atoms with Gasteiger partial charge in [-0.15, -0.1) is 0 Å². The molecular weight excluding hydrogens is 218 g/mol. The molecule has 1 aromatic carbocycles. The zero-order valence-electron chi connectivity index (χ0n) is 8.94. The van der Waals surface area contributed by atoms with Gasteiger partial charge in [-0.3, -0.25) is 5.10 Å². The molecule has 2 aromatic heterocycles. The van der Waals surface area contributed by atoms with Gasteiger partial charge in [0.05, 0.1) is 29.5 Å². The second-order valence-corrected chi connectivity index (χ2v) is 3.80. The van der Waals surface area contributed by atoms with Gasteiger partial charge in [-0.25, -0.2) is 4.98 Å². The molecule has 0 saturated carbocycles. The number of imidazole rings is 1. The van der Waals surface area contributed by atoms with Crippen LogP contribution in [0.5, 0.6) is 0 Å². The molecule has 0 aliphatic rings. The second kappa shape index (κ2) is 3.60. The Balaban J connectivity index is 2.17. The van der Waals surface area contributed by atoms with Crippen molar-refractivity contribution in [2.45, 2.75) is 6.61 Å². The molecule has 6 nitrogen and oxygen atoms in total. The van der Waals surface area contributed by atoms with Gasteiger partial charge in [0, 0.05) is 0 Å². The summed E-state index contributed by atoms with van der Waals surface area (Å²) in [5.74, 6) is 0.644. The first-order valence-electron chi connectivity index (χ1n) is 5.16. The number of anilines is 1. The van der Waals surface area contributed by atoms with Crippen LogP contribution >= 0.6 is 0 Å². The number of aromatic amines is 2. The number of nitrogens with zero attached hydrogens (tertiary/aromatic N) is 2. The molecule has 0 bridgehead atoms. The Kier molecular flexibility index (Phi) is 2.09. The molecule has 0 unspecified atom stereocenters. The maximum absolute atomic E-state index is 9.06. The Hall–Kier alpha value is -2.34. The van der Waals surface area contributed by atoms with Gasteiger partial charge in [0.1, 0.15) is 5.69 Å². The number of aliphatic hydroxyl groups excluding tert-OH is 1. The molecule has 0 radical (unpaired) electrons. The summed E-state index contributed by atoms with van der Waals surface area (Å²) >= 11 is 0. The summed E-state index contributed by atoms with van der Waals surface area (Å²) in [4.78, 5) is 7.54. The van der Waals surface area contributed by atoms with E-state index in [1.807, 2.05) is 18.2 Å². The second-order valence-electron chi connectivity index (χ2n) is 3.80. The van der Waals surface area contributed by atoms with Crippen molar-refractivity contribution in [2.24, 2.45) is 0 Å². The summed E-state index contributed by atoms with van der Waals surface area (Å²) in [6.07, 6.45) is 1.54. The lowest BCUT2D eigenvalue weighted by Gasteiger charge is -1.93. The van der Waals surface area contributed by atoms with E-state index in [-0.39, 0.29) is 6.61 Å². The molecule has 0 saturated heterocycles. The molecule has 2 heterocycles. The molecule has 0 amide bonds. The van der Waals surface area contributed by atoms with E-state index in [0.29, 0.717) is 17.2 Å². The molecule has 3 rings (SSSR count). The molecule has 5 N–H and O–H groups in total. The molecule has 0 aliphatic carbocycles. The Morgan fingerprint density at radius 3 is 2.94 bits per heavy atom. The highest BCUT2D eigenvalue weighted by atomic mass is 16.3. The minimum Gasteiger partial charge on any atom is -0.396 e. The Morgan fingerprint density at radius 1 is 1.35 bits per heavy atom. The Bertz CT molecular complexity index is 669. The highest BCUT2D eigenvalue weighted by Gasteiger charge is 2.10. The van der Waals surface area contributed by atoms with Gasteiger partial charge in [-0.05, 0) is 17.7 Å². The van der Waals surface area contributed by atoms with Gasteiger partial charge in [-0.1, -0.05) is 6.07 Å². The first kappa shape index (κ1) is 9.86. The number of aromatic nitrogens is 4. The fraction of sp³-hybridized carbons (Fsp3) is 0.0909. The number of nitrogen functional groups attached to an aromatic ring is 1. The molecule has 6 heteroatoms. The predicted molar refractivity (Wildman–Crippen MR) is 64.0 cm³/mol. The molecule has 0 aliphatic heterocycles. The highest BCUT2D eigenvalue weighted by Crippen LogP contribution is 2.23. The monoisotopic (exact) mass is 229 g/mol. The SMILES string of the molecule is Nc1cn[nH]c1-c1nc2ccc(CO)cc2[nH]1. The van der Waals surface area contributed by atoms with Crippen LogP contribution in [0, 0.1) is 0 Å². The molecule has 0 atom stereocenters. The van der Waals surface area contributed by atoms with Gasteiger partial charge >= 0.3 is 0 Å². The lowest BCUT2D eigenvalue weighted by molar-refractivity contribution is 0.282. The van der Waals surface area contributed by atoms with Crippen LogP contribution in [0.2, 0.25) is 0 Å². The van der Waals surface area contributed by atoms with E-state index in [0.717, 1.165) is 16.6 Å². The van der Waals surface area contributed by atoms with Crippen LogP contribution in [0.3, 0.4) is 0 Å². The van der Waals surface area contributed by atoms with Gasteiger partial charge in [0.15, 0.2) is 5.82 Å². The minimum atomic E-state index is 0.0104. The zero-order chi connectivity index (χ0) is 11.8. The van der Waals surface area contributed by atoms with Gasteiger partial charge in [0.25, 0.3) is 0 Å². The number of H-pyrrole nitrogens is 2. The van der Waals surface area contributed by atoms with Gasteiger partial charge < -0.3 is 15.8 Å². The van der Waals surface area contributed by atoms with Gasteiger partial charge in [0.2, 0.25) is 0 Å². The summed E-state index contributed by atoms with van der Waals surface area (Å²) in [5, 5.41) is 15.7. The maximum Gasteiger partial charge on any atom is 0.158 e. The topological polar surface area (TPSA) is 104 Å². The van der Waals surface area contributed by atoms with E-state index >= 15 is 0 Å². The van der Waals surface area contributed by atoms with Crippen molar-refractivity contribution in [3.63, 3.8) is 0 Å². The van der Waals surface area contributed by atoms with Crippen molar-refractivity contribution in [2.75, 3.05) is 5.73 Å². The number of aliphatic hydroxyl groups is 1. The molecule has 3 aromatic rings. The van der Waals surface area contributed by atoms with E-state index in [4.69, 9.17) is 10.8 Å². The van der Waals surface area contributed by atoms with Crippen molar-refractivity contribution in [1.82, 2.24) is 20.2 Å². The average molecular weight is 229 g/mol. The van der Waals surface area contributed by atoms with Crippen molar-refractivity contribution < 1.29 is 5.11 Å². The van der Waals surface area contributed by atoms with E-state index in [9.17, 15) is 0 Å². The van der Waals surface area contributed by atoms with Crippen LogP contribution in [0.1, 0.15) is 5.56 Å². The fourth-order valence-corrected chi connectivity index (χ4v) is 1.76. The third-order valence-electron chi connectivity index (χ3n) is 2.63. The van der Waals surface area contributed by atoms with Crippen molar-refractivity contribution in [3.8, 4) is 11.5 Å². The fourth-order valence-electron chi connectivity index (χ4n) is 1.76. The summed E-state index contributed by atoms with van der Waals surface area (Å²) in [6.45, 7) is 0.0104. The third kappa shape index (κ3) is 1.55. The van der Waals surface area contributed by atoms with Crippen LogP contribution in [-0.4, -0.2) is 25.3 Å². The van der Waals surface area contributed by atoms with Crippen molar-refractivity contribution >= 4 is 16.7 Å². The lowest BCUT2D eigenvalue weighted by atomic mass is 10.2. The number of hydrogen-bond donors (Lipinski definition) is 4. The Labute approximate surface area is 96.5 Å². The first-order valence-corrected chi connectivity index (χ1v) is 5.16. The van der Waals surface area contributed by atoms with Gasteiger partial charge in [-0.2, -0.15) is 5.10 Å². The van der Waals surface area contributed by atoms with Crippen molar-refractivity contribution in [3.05, 3.63) is 30.0 Å². The maximum atomic E-state index is 9.06. The van der Waals surface area contributed by atoms with Crippen molar-refractivity contribution in [1.29, 1.82) is 0 Å². The molecule has 17 heavy (non-hydrogen) atoms. The van der Waals surface area contributed by atoms with Crippen LogP contribution < -0.4 is 5.73 Å². The molecule has 0 spiro atoms. The normalized spacial score (nSPS) is 11.1. The summed E-state index contributed by atoms with van der Waals surface area (Å²) in [5.41, 5.74) is 9.50. The summed E-state index contributed by atoms with van der Waals surface area (Å²) in [7, 11) is 0. The smallest absolute Gasteiger partial charge is 0.158 e. The summed E-state index contributed by atoms with van der Waals surface area (Å²) < 4.78 is 0. The minimum absolute atomic E-state index is 0.0104. The average Bonchev–Trinajstić information content (AvgIpc) is 2.93. The Morgan fingerprint density at radius 2 is 2.24 bits per heavy atom. The van der Waals surface area contributed by atoms with Crippen LogP contribution in [-0.2, 0) is 6.61 Å². The number of nitrogens with two attached hydrogens (primary N) is 1. The van der Waals surface area contributed by atoms with E-state index in [1.165, 1.54) is 0 Å². The van der Waals surface area contributed by atoms with E-state index < -0.39 is 0 Å². The van der Waals surface area contributed by atoms with E-state index in [2.05, 4.69) is 20.2 Å². The quantitative estimate of drug-likeness (QED) is 0.526. The predicted octanol–water partition coefficient (Wildman–Crippen LogP) is 1.03. The summed E-state index contributed by atoms with van der Waals surface area (Å²) in [6, 6.07) is 5.55. The molecular formula is C11H11N5O. The first-order chi connectivity index (χ1) is 8.28. The number of rotatable bonds is 2. The zero-order valence-corrected chi connectivity index (χ0v) is 8.94.